The molecule has 4 rings (SSSR count). The van der Waals surface area contributed by atoms with Crippen LogP contribution >= 0.6 is 23.2 Å². The van der Waals surface area contributed by atoms with Crippen molar-refractivity contribution in [3.8, 4) is 0 Å². The van der Waals surface area contributed by atoms with E-state index in [1.807, 2.05) is 12.1 Å². The summed E-state index contributed by atoms with van der Waals surface area (Å²) in [5, 5.41) is 4.05. The molecule has 26 heavy (non-hydrogen) atoms. The van der Waals surface area contributed by atoms with Crippen molar-refractivity contribution in [3.05, 3.63) is 51.7 Å². The van der Waals surface area contributed by atoms with E-state index >= 15 is 0 Å². The van der Waals surface area contributed by atoms with Gasteiger partial charge in [-0.05, 0) is 41.7 Å². The lowest BCUT2D eigenvalue weighted by Gasteiger charge is -2.28. The van der Waals surface area contributed by atoms with Crippen LogP contribution in [-0.4, -0.2) is 29.9 Å². The van der Waals surface area contributed by atoms with Crippen molar-refractivity contribution in [2.45, 2.75) is 36.6 Å². The van der Waals surface area contributed by atoms with Crippen molar-refractivity contribution < 1.29 is 13.6 Å². The van der Waals surface area contributed by atoms with Crippen molar-refractivity contribution >= 4 is 34.8 Å². The maximum atomic E-state index is 13.7. The number of rotatable bonds is 3. The average Bonchev–Trinajstić information content (AvgIpc) is 3.27. The standard InChI is InChI=1S/C18H17Cl2F2N3O/c1-25-8-7-18(24-25,16(21)22)17(26)23-12-4-2-3-9-10-5-6-11(13(9)12)14(10)15(19)20/h2-4,7-8,10-11,16,24H,5-6H2,1H3,(H,23,26)/t10-,11+,18?/m1/s1. The number of alkyl halides is 2. The number of halogens is 4. The van der Waals surface area contributed by atoms with Gasteiger partial charge in [0.25, 0.3) is 12.3 Å². The zero-order valence-electron chi connectivity index (χ0n) is 13.9. The molecule has 3 aliphatic rings. The molecule has 1 aliphatic heterocycles. The van der Waals surface area contributed by atoms with Gasteiger partial charge in [-0.3, -0.25) is 4.79 Å². The van der Waals surface area contributed by atoms with Crippen LogP contribution < -0.4 is 10.7 Å². The van der Waals surface area contributed by atoms with Crippen LogP contribution in [0.25, 0.3) is 0 Å². The summed E-state index contributed by atoms with van der Waals surface area (Å²) in [6.07, 6.45) is 1.53. The molecule has 8 heteroatoms. The second kappa shape index (κ2) is 6.22. The molecule has 3 atom stereocenters. The third-order valence-corrected chi connectivity index (χ3v) is 5.90. The van der Waals surface area contributed by atoms with Gasteiger partial charge in [0.05, 0.1) is 0 Å². The maximum absolute atomic E-state index is 13.7. The lowest BCUT2D eigenvalue weighted by molar-refractivity contribution is -0.127. The van der Waals surface area contributed by atoms with Crippen LogP contribution in [0.3, 0.4) is 0 Å². The summed E-state index contributed by atoms with van der Waals surface area (Å²) in [7, 11) is 1.56. The Morgan fingerprint density at radius 3 is 2.69 bits per heavy atom. The third-order valence-electron chi connectivity index (χ3n) is 5.47. The molecule has 2 aliphatic carbocycles. The lowest BCUT2D eigenvalue weighted by atomic mass is 9.90. The number of hydrogen-bond donors (Lipinski definition) is 2. The Kier molecular flexibility index (Phi) is 4.25. The van der Waals surface area contributed by atoms with Gasteiger partial charge in [0, 0.05) is 30.8 Å². The molecule has 1 unspecified atom stereocenters. The predicted octanol–water partition coefficient (Wildman–Crippen LogP) is 4.26. The Labute approximate surface area is 159 Å². The van der Waals surface area contributed by atoms with Crippen LogP contribution in [0.1, 0.15) is 35.8 Å². The highest BCUT2D eigenvalue weighted by Gasteiger charge is 2.50. The van der Waals surface area contributed by atoms with Gasteiger partial charge in [-0.15, -0.1) is 0 Å². The lowest BCUT2D eigenvalue weighted by Crippen LogP contribution is -2.58. The second-order valence-corrected chi connectivity index (χ2v) is 7.82. The van der Waals surface area contributed by atoms with Crippen molar-refractivity contribution in [2.24, 2.45) is 0 Å². The van der Waals surface area contributed by atoms with Crippen LogP contribution in [0.15, 0.2) is 40.5 Å². The molecule has 0 radical (unpaired) electrons. The first kappa shape index (κ1) is 17.8. The van der Waals surface area contributed by atoms with Gasteiger partial charge >= 0.3 is 0 Å². The molecular weight excluding hydrogens is 383 g/mol. The van der Waals surface area contributed by atoms with E-state index in [9.17, 15) is 13.6 Å². The van der Waals surface area contributed by atoms with E-state index in [4.69, 9.17) is 23.2 Å². The minimum Gasteiger partial charge on any atom is -0.324 e. The van der Waals surface area contributed by atoms with Crippen molar-refractivity contribution in [2.75, 3.05) is 12.4 Å². The summed E-state index contributed by atoms with van der Waals surface area (Å²) in [6, 6.07) is 5.53. The number of nitrogens with zero attached hydrogens (tertiary/aromatic N) is 1. The van der Waals surface area contributed by atoms with Crippen molar-refractivity contribution in [1.29, 1.82) is 0 Å². The second-order valence-electron chi connectivity index (χ2n) is 6.87. The highest BCUT2D eigenvalue weighted by atomic mass is 35.5. The Hall–Kier alpha value is -1.63. The Morgan fingerprint density at radius 1 is 1.35 bits per heavy atom. The fourth-order valence-electron chi connectivity index (χ4n) is 4.33. The van der Waals surface area contributed by atoms with Gasteiger partial charge in [0.2, 0.25) is 0 Å². The monoisotopic (exact) mass is 399 g/mol. The smallest absolute Gasteiger partial charge is 0.270 e. The first-order valence-electron chi connectivity index (χ1n) is 8.32. The highest BCUT2D eigenvalue weighted by Crippen LogP contribution is 2.60. The van der Waals surface area contributed by atoms with Gasteiger partial charge in [0.15, 0.2) is 5.54 Å². The van der Waals surface area contributed by atoms with Crippen LogP contribution in [0, 0.1) is 0 Å². The number of anilines is 1. The Morgan fingerprint density at radius 2 is 2.08 bits per heavy atom. The number of nitrogens with one attached hydrogen (secondary N) is 2. The molecule has 4 nitrogen and oxygen atoms in total. The number of allylic oxidation sites excluding steroid dienone is 1. The van der Waals surface area contributed by atoms with E-state index in [-0.39, 0.29) is 16.3 Å². The van der Waals surface area contributed by atoms with Gasteiger partial charge in [-0.1, -0.05) is 35.3 Å². The number of hydrogen-bond acceptors (Lipinski definition) is 3. The summed E-state index contributed by atoms with van der Waals surface area (Å²) < 4.78 is 27.6. The summed E-state index contributed by atoms with van der Waals surface area (Å²) >= 11 is 12.2. The third kappa shape index (κ3) is 2.47. The first-order chi connectivity index (χ1) is 12.3. The van der Waals surface area contributed by atoms with Gasteiger partial charge < -0.3 is 10.3 Å². The number of carbonyl (C=O) groups is 1. The molecule has 1 amide bonds. The summed E-state index contributed by atoms with van der Waals surface area (Å²) in [5.41, 5.74) is 3.94. The predicted molar refractivity (Wildman–Crippen MR) is 97.3 cm³/mol. The van der Waals surface area contributed by atoms with Crippen molar-refractivity contribution in [3.63, 3.8) is 0 Å². The molecule has 0 spiro atoms. The molecule has 0 aromatic heterocycles. The first-order valence-corrected chi connectivity index (χ1v) is 9.08. The van der Waals surface area contributed by atoms with E-state index in [2.05, 4.69) is 10.7 Å². The summed E-state index contributed by atoms with van der Waals surface area (Å²) in [6.45, 7) is 0. The fourth-order valence-corrected chi connectivity index (χ4v) is 4.85. The minimum absolute atomic E-state index is 0.0220. The average molecular weight is 400 g/mol. The molecule has 1 saturated carbocycles. The van der Waals surface area contributed by atoms with E-state index in [0.717, 1.165) is 29.5 Å². The van der Waals surface area contributed by atoms with Crippen LogP contribution in [0.4, 0.5) is 14.5 Å². The SMILES string of the molecule is CN1C=CC(C(=O)Nc2cccc3c2[C@@H]2CC[C@H]3C2=C(Cl)Cl)(C(F)F)N1. The molecule has 1 aromatic rings. The molecular formula is C18H17Cl2F2N3O. The van der Waals surface area contributed by atoms with E-state index in [1.54, 1.807) is 13.1 Å². The molecule has 1 heterocycles. The largest absolute Gasteiger partial charge is 0.324 e. The Balaban J connectivity index is 1.69. The number of benzene rings is 1. The molecule has 2 bridgehead atoms. The number of fused-ring (bicyclic) bond motifs is 5. The molecule has 1 fully saturated rings. The summed E-state index contributed by atoms with van der Waals surface area (Å²) in [5.74, 6) is -0.642. The molecule has 138 valence electrons. The van der Waals surface area contributed by atoms with E-state index in [0.29, 0.717) is 5.69 Å². The molecule has 1 aromatic carbocycles. The number of amides is 1. The zero-order valence-corrected chi connectivity index (χ0v) is 15.4. The normalized spacial score (nSPS) is 28.8. The summed E-state index contributed by atoms with van der Waals surface area (Å²) in [4.78, 5) is 12.7. The minimum atomic E-state index is -2.90. The maximum Gasteiger partial charge on any atom is 0.270 e. The highest BCUT2D eigenvalue weighted by molar-refractivity contribution is 6.56. The van der Waals surface area contributed by atoms with Crippen molar-refractivity contribution in [1.82, 2.24) is 10.4 Å². The van der Waals surface area contributed by atoms with E-state index < -0.39 is 17.9 Å². The van der Waals surface area contributed by atoms with Gasteiger partial charge in [-0.25, -0.2) is 14.2 Å². The zero-order chi connectivity index (χ0) is 18.6. The van der Waals surface area contributed by atoms with E-state index in [1.165, 1.54) is 17.3 Å². The number of carbonyl (C=O) groups excluding carboxylic acids is 1. The van der Waals surface area contributed by atoms with Crippen LogP contribution in [0.2, 0.25) is 0 Å². The van der Waals surface area contributed by atoms with Crippen LogP contribution in [0.5, 0.6) is 0 Å². The molecule has 2 N–H and O–H groups in total. The quantitative estimate of drug-likeness (QED) is 0.797. The number of hydrazine groups is 1. The van der Waals surface area contributed by atoms with Gasteiger partial charge in [-0.2, -0.15) is 0 Å². The molecule has 0 saturated heterocycles. The fraction of sp³-hybridized carbons (Fsp3) is 0.389. The topological polar surface area (TPSA) is 44.4 Å². The van der Waals surface area contributed by atoms with Crippen LogP contribution in [-0.2, 0) is 4.79 Å². The Bertz CT molecular complexity index is 838. The van der Waals surface area contributed by atoms with Gasteiger partial charge in [0.1, 0.15) is 4.49 Å².